The van der Waals surface area contributed by atoms with Crippen molar-refractivity contribution in [2.24, 2.45) is 5.10 Å². The molecule has 3 N–H and O–H groups in total. The molecule has 2 aromatic rings. The minimum absolute atomic E-state index is 0.136. The van der Waals surface area contributed by atoms with Crippen LogP contribution in [0.1, 0.15) is 20.1 Å². The number of phenols is 2. The van der Waals surface area contributed by atoms with Gasteiger partial charge in [-0.25, -0.2) is 5.43 Å². The maximum absolute atomic E-state index is 11.7. The van der Waals surface area contributed by atoms with Gasteiger partial charge in [-0.15, -0.1) is 11.3 Å². The monoisotopic (exact) mass is 276 g/mol. The lowest BCUT2D eigenvalue weighted by Gasteiger charge is -2.01. The lowest BCUT2D eigenvalue weighted by atomic mass is 10.2. The van der Waals surface area contributed by atoms with Gasteiger partial charge >= 0.3 is 0 Å². The zero-order chi connectivity index (χ0) is 13.8. The first-order chi connectivity index (χ1) is 9.04. The van der Waals surface area contributed by atoms with Crippen LogP contribution in [-0.4, -0.2) is 22.3 Å². The zero-order valence-electron chi connectivity index (χ0n) is 10.1. The number of hydrogen-bond acceptors (Lipinski definition) is 5. The van der Waals surface area contributed by atoms with Crippen molar-refractivity contribution in [3.05, 3.63) is 45.6 Å². The number of amides is 1. The number of benzene rings is 1. The van der Waals surface area contributed by atoms with E-state index in [1.54, 1.807) is 11.3 Å². The third kappa shape index (κ3) is 3.56. The fraction of sp³-hybridized carbons (Fsp3) is 0.0769. The van der Waals surface area contributed by atoms with Crippen LogP contribution in [0, 0.1) is 6.92 Å². The Hall–Kier alpha value is -2.34. The van der Waals surface area contributed by atoms with Crippen LogP contribution >= 0.6 is 11.3 Å². The third-order valence-corrected chi connectivity index (χ3v) is 3.22. The highest BCUT2D eigenvalue weighted by molar-refractivity contribution is 7.13. The number of phenolic OH excluding ortho intramolecular Hbond substituents is 2. The van der Waals surface area contributed by atoms with Crippen LogP contribution in [0.15, 0.2) is 35.4 Å². The molecule has 1 amide bonds. The first-order valence-corrected chi connectivity index (χ1v) is 6.29. The molecule has 1 heterocycles. The summed E-state index contributed by atoms with van der Waals surface area (Å²) < 4.78 is 0. The van der Waals surface area contributed by atoms with Crippen LogP contribution in [0.5, 0.6) is 11.5 Å². The molecule has 0 spiro atoms. The number of thiophene rings is 1. The zero-order valence-corrected chi connectivity index (χ0v) is 10.9. The van der Waals surface area contributed by atoms with E-state index in [1.165, 1.54) is 18.3 Å². The molecule has 0 aliphatic rings. The molecule has 0 aliphatic carbocycles. The molecule has 0 unspecified atom stereocenters. The molecule has 1 aromatic heterocycles. The smallest absolute Gasteiger partial charge is 0.271 e. The normalized spacial score (nSPS) is 10.8. The highest BCUT2D eigenvalue weighted by Crippen LogP contribution is 2.20. The molecule has 0 saturated heterocycles. The number of nitrogens with zero attached hydrogens (tertiary/aromatic N) is 1. The molecule has 0 atom stereocenters. The van der Waals surface area contributed by atoms with Crippen molar-refractivity contribution in [3.8, 4) is 11.5 Å². The summed E-state index contributed by atoms with van der Waals surface area (Å²) in [5.74, 6) is -0.859. The summed E-state index contributed by atoms with van der Waals surface area (Å²) in [5, 5.41) is 22.4. The van der Waals surface area contributed by atoms with Gasteiger partial charge in [-0.3, -0.25) is 4.79 Å². The number of rotatable bonds is 3. The first-order valence-electron chi connectivity index (χ1n) is 5.47. The molecular weight excluding hydrogens is 264 g/mol. The van der Waals surface area contributed by atoms with Gasteiger partial charge in [0.15, 0.2) is 0 Å². The van der Waals surface area contributed by atoms with Crippen molar-refractivity contribution in [2.45, 2.75) is 6.92 Å². The number of aryl methyl sites for hydroxylation is 1. The van der Waals surface area contributed by atoms with Gasteiger partial charge in [0, 0.05) is 21.4 Å². The topological polar surface area (TPSA) is 81.9 Å². The Morgan fingerprint density at radius 3 is 2.53 bits per heavy atom. The Labute approximate surface area is 113 Å². The number of carbonyl (C=O) groups excluding carboxylic acids is 1. The van der Waals surface area contributed by atoms with E-state index in [9.17, 15) is 15.0 Å². The van der Waals surface area contributed by atoms with Crippen LogP contribution < -0.4 is 5.43 Å². The Balaban J connectivity index is 2.03. The summed E-state index contributed by atoms with van der Waals surface area (Å²) in [7, 11) is 0. The number of carbonyl (C=O) groups is 1. The highest BCUT2D eigenvalue weighted by Gasteiger charge is 2.07. The maximum atomic E-state index is 11.7. The molecule has 0 bridgehead atoms. The number of hydrogen-bond donors (Lipinski definition) is 3. The van der Waals surface area contributed by atoms with Gasteiger partial charge in [0.2, 0.25) is 0 Å². The summed E-state index contributed by atoms with van der Waals surface area (Å²) >= 11 is 1.56. The average molecular weight is 276 g/mol. The number of aromatic hydroxyl groups is 2. The maximum Gasteiger partial charge on any atom is 0.271 e. The van der Waals surface area contributed by atoms with Gasteiger partial charge in [0.05, 0.1) is 6.21 Å². The highest BCUT2D eigenvalue weighted by atomic mass is 32.1. The van der Waals surface area contributed by atoms with E-state index in [0.29, 0.717) is 0 Å². The van der Waals surface area contributed by atoms with E-state index in [2.05, 4.69) is 10.5 Å². The summed E-state index contributed by atoms with van der Waals surface area (Å²) in [4.78, 5) is 13.8. The fourth-order valence-electron chi connectivity index (χ4n) is 1.47. The molecule has 2 rings (SSSR count). The molecule has 0 radical (unpaired) electrons. The van der Waals surface area contributed by atoms with Crippen LogP contribution in [0.25, 0.3) is 0 Å². The average Bonchev–Trinajstić information content (AvgIpc) is 2.73. The van der Waals surface area contributed by atoms with E-state index < -0.39 is 5.91 Å². The SMILES string of the molecule is Cc1ccc(C=NNC(=O)c2cc(O)cc(O)c2)s1. The number of nitrogens with one attached hydrogen (secondary N) is 1. The van der Waals surface area contributed by atoms with Crippen LogP contribution in [-0.2, 0) is 0 Å². The van der Waals surface area contributed by atoms with Crippen molar-refractivity contribution in [3.63, 3.8) is 0 Å². The van der Waals surface area contributed by atoms with E-state index in [4.69, 9.17) is 0 Å². The summed E-state index contributed by atoms with van der Waals surface area (Å²) in [6, 6.07) is 7.51. The van der Waals surface area contributed by atoms with Crippen molar-refractivity contribution < 1.29 is 15.0 Å². The molecular formula is C13H12N2O3S. The predicted molar refractivity (Wildman–Crippen MR) is 73.9 cm³/mol. The molecule has 0 saturated carbocycles. The fourth-order valence-corrected chi connectivity index (χ4v) is 2.22. The molecule has 6 heteroatoms. The predicted octanol–water partition coefficient (Wildman–Crippen LogP) is 2.23. The molecule has 5 nitrogen and oxygen atoms in total. The van der Waals surface area contributed by atoms with Crippen molar-refractivity contribution in [1.82, 2.24) is 5.43 Å². The van der Waals surface area contributed by atoms with E-state index >= 15 is 0 Å². The molecule has 0 fully saturated rings. The quantitative estimate of drug-likeness (QED) is 0.594. The van der Waals surface area contributed by atoms with Crippen LogP contribution in [0.3, 0.4) is 0 Å². The largest absolute Gasteiger partial charge is 0.508 e. The number of hydrazone groups is 1. The summed E-state index contributed by atoms with van der Waals surface area (Å²) in [6.45, 7) is 1.98. The lowest BCUT2D eigenvalue weighted by Crippen LogP contribution is -2.17. The van der Waals surface area contributed by atoms with Crippen molar-refractivity contribution >= 4 is 23.5 Å². The van der Waals surface area contributed by atoms with Gasteiger partial charge in [-0.2, -0.15) is 5.10 Å². The molecule has 98 valence electrons. The Kier molecular flexibility index (Phi) is 3.82. The van der Waals surface area contributed by atoms with E-state index in [-0.39, 0.29) is 17.1 Å². The molecule has 19 heavy (non-hydrogen) atoms. The summed E-state index contributed by atoms with van der Waals surface area (Å²) in [6.07, 6.45) is 1.54. The Morgan fingerprint density at radius 1 is 1.26 bits per heavy atom. The van der Waals surface area contributed by atoms with Crippen LogP contribution in [0.4, 0.5) is 0 Å². The van der Waals surface area contributed by atoms with Crippen molar-refractivity contribution in [1.29, 1.82) is 0 Å². The van der Waals surface area contributed by atoms with Crippen LogP contribution in [0.2, 0.25) is 0 Å². The van der Waals surface area contributed by atoms with Gasteiger partial charge in [0.25, 0.3) is 5.91 Å². The summed E-state index contributed by atoms with van der Waals surface area (Å²) in [5.41, 5.74) is 2.46. The third-order valence-electron chi connectivity index (χ3n) is 2.28. The van der Waals surface area contributed by atoms with Gasteiger partial charge in [0.1, 0.15) is 11.5 Å². The van der Waals surface area contributed by atoms with E-state index in [0.717, 1.165) is 15.8 Å². The minimum atomic E-state index is -0.504. The Bertz CT molecular complexity index is 614. The second kappa shape index (κ2) is 5.53. The second-order valence-electron chi connectivity index (χ2n) is 3.89. The minimum Gasteiger partial charge on any atom is -0.508 e. The molecule has 1 aromatic carbocycles. The lowest BCUT2D eigenvalue weighted by molar-refractivity contribution is 0.0954. The Morgan fingerprint density at radius 2 is 1.95 bits per heavy atom. The first kappa shape index (κ1) is 13.1. The standard InChI is InChI=1S/C13H12N2O3S/c1-8-2-3-12(19-8)7-14-15-13(18)9-4-10(16)6-11(17)5-9/h2-7,16-17H,1H3,(H,15,18). The van der Waals surface area contributed by atoms with Gasteiger partial charge < -0.3 is 10.2 Å². The van der Waals surface area contributed by atoms with Gasteiger partial charge in [-0.1, -0.05) is 0 Å². The molecule has 0 aliphatic heterocycles. The van der Waals surface area contributed by atoms with Crippen molar-refractivity contribution in [2.75, 3.05) is 0 Å². The van der Waals surface area contributed by atoms with Gasteiger partial charge in [-0.05, 0) is 31.2 Å². The van der Waals surface area contributed by atoms with E-state index in [1.807, 2.05) is 19.1 Å². The second-order valence-corrected chi connectivity index (χ2v) is 5.21.